The number of ketones is 1. The van der Waals surface area contributed by atoms with Gasteiger partial charge >= 0.3 is 5.97 Å². The van der Waals surface area contributed by atoms with Crippen LogP contribution in [0.2, 0.25) is 0 Å². The number of rotatable bonds is 6. The van der Waals surface area contributed by atoms with Gasteiger partial charge in [-0.25, -0.2) is 9.48 Å². The van der Waals surface area contributed by atoms with Gasteiger partial charge in [-0.3, -0.25) is 14.9 Å². The van der Waals surface area contributed by atoms with Crippen molar-refractivity contribution in [2.24, 2.45) is 0 Å². The Bertz CT molecular complexity index is 1050. The monoisotopic (exact) mass is 379 g/mol. The van der Waals surface area contributed by atoms with Crippen molar-refractivity contribution in [3.8, 4) is 5.69 Å². The molecule has 0 unspecified atom stereocenters. The molecule has 3 rings (SSSR count). The number of ether oxygens (including phenoxy) is 1. The first kappa shape index (κ1) is 19.0. The van der Waals surface area contributed by atoms with E-state index in [4.69, 9.17) is 4.74 Å². The van der Waals surface area contributed by atoms with Crippen LogP contribution in [0.1, 0.15) is 32.0 Å². The van der Waals surface area contributed by atoms with E-state index in [9.17, 15) is 19.7 Å². The maximum absolute atomic E-state index is 12.2. The average Bonchev–Trinajstić information content (AvgIpc) is 3.12. The quantitative estimate of drug-likeness (QED) is 0.281. The molecule has 0 atom stereocenters. The van der Waals surface area contributed by atoms with Crippen LogP contribution in [0, 0.1) is 24.0 Å². The lowest BCUT2D eigenvalue weighted by molar-refractivity contribution is -0.385. The van der Waals surface area contributed by atoms with Gasteiger partial charge in [0, 0.05) is 29.1 Å². The minimum atomic E-state index is -0.654. The van der Waals surface area contributed by atoms with Crippen molar-refractivity contribution in [3.05, 3.63) is 87.2 Å². The zero-order valence-corrected chi connectivity index (χ0v) is 15.3. The summed E-state index contributed by atoms with van der Waals surface area (Å²) < 4.78 is 6.77. The van der Waals surface area contributed by atoms with Crippen molar-refractivity contribution in [2.75, 3.05) is 6.61 Å². The van der Waals surface area contributed by atoms with Gasteiger partial charge in [0.05, 0.1) is 16.2 Å². The maximum atomic E-state index is 12.2. The van der Waals surface area contributed by atoms with Crippen LogP contribution in [0.4, 0.5) is 5.69 Å². The van der Waals surface area contributed by atoms with Crippen LogP contribution in [-0.2, 0) is 4.74 Å². The SMILES string of the molecule is Cc1ccc(C(=O)COC(=O)c2ccc(-n3nccc3C)cc2)cc1[N+](=O)[O-]. The molecule has 0 spiro atoms. The van der Waals surface area contributed by atoms with Gasteiger partial charge in [0.15, 0.2) is 6.61 Å². The van der Waals surface area contributed by atoms with Gasteiger partial charge in [-0.15, -0.1) is 0 Å². The summed E-state index contributed by atoms with van der Waals surface area (Å²) in [5.74, 6) is -1.17. The first-order valence-corrected chi connectivity index (χ1v) is 8.43. The molecule has 8 heteroatoms. The Morgan fingerprint density at radius 3 is 2.36 bits per heavy atom. The van der Waals surface area contributed by atoms with Crippen molar-refractivity contribution in [1.29, 1.82) is 0 Å². The molecule has 8 nitrogen and oxygen atoms in total. The summed E-state index contributed by atoms with van der Waals surface area (Å²) in [6, 6.07) is 12.6. The summed E-state index contributed by atoms with van der Waals surface area (Å²) in [6.07, 6.45) is 1.68. The van der Waals surface area contributed by atoms with Crippen molar-refractivity contribution in [3.63, 3.8) is 0 Å². The minimum Gasteiger partial charge on any atom is -0.454 e. The number of nitrogens with zero attached hydrogens (tertiary/aromatic N) is 3. The molecule has 1 heterocycles. The lowest BCUT2D eigenvalue weighted by atomic mass is 10.1. The number of carbonyl (C=O) groups excluding carboxylic acids is 2. The summed E-state index contributed by atoms with van der Waals surface area (Å²) in [6.45, 7) is 3.00. The molecule has 1 aromatic heterocycles. The molecule has 2 aromatic carbocycles. The van der Waals surface area contributed by atoms with Crippen LogP contribution in [0.5, 0.6) is 0 Å². The van der Waals surface area contributed by atoms with Crippen molar-refractivity contribution in [2.45, 2.75) is 13.8 Å². The predicted octanol–water partition coefficient (Wildman–Crippen LogP) is 3.44. The highest BCUT2D eigenvalue weighted by atomic mass is 16.6. The zero-order valence-electron chi connectivity index (χ0n) is 15.3. The van der Waals surface area contributed by atoms with E-state index in [2.05, 4.69) is 5.10 Å². The number of nitro groups is 1. The molecule has 0 aliphatic rings. The van der Waals surface area contributed by atoms with E-state index >= 15 is 0 Å². The van der Waals surface area contributed by atoms with Gasteiger partial charge in [0.2, 0.25) is 5.78 Å². The average molecular weight is 379 g/mol. The third-order valence-corrected chi connectivity index (χ3v) is 4.24. The topological polar surface area (TPSA) is 104 Å². The van der Waals surface area contributed by atoms with E-state index in [1.54, 1.807) is 42.1 Å². The van der Waals surface area contributed by atoms with Crippen molar-refractivity contribution >= 4 is 17.4 Å². The zero-order chi connectivity index (χ0) is 20.3. The normalized spacial score (nSPS) is 10.5. The summed E-state index contributed by atoms with van der Waals surface area (Å²) in [5.41, 5.74) is 2.45. The second-order valence-electron chi connectivity index (χ2n) is 6.19. The van der Waals surface area contributed by atoms with Gasteiger partial charge in [0.1, 0.15) is 0 Å². The summed E-state index contributed by atoms with van der Waals surface area (Å²) >= 11 is 0. The van der Waals surface area contributed by atoms with E-state index < -0.39 is 23.3 Å². The van der Waals surface area contributed by atoms with E-state index in [0.717, 1.165) is 11.4 Å². The molecule has 0 aliphatic carbocycles. The Morgan fingerprint density at radius 1 is 1.07 bits per heavy atom. The number of nitro benzene ring substituents is 1. The first-order valence-electron chi connectivity index (χ1n) is 8.43. The summed E-state index contributed by atoms with van der Waals surface area (Å²) in [7, 11) is 0. The molecule has 0 radical (unpaired) electrons. The third kappa shape index (κ3) is 3.96. The van der Waals surface area contributed by atoms with Gasteiger partial charge < -0.3 is 4.74 Å². The highest BCUT2D eigenvalue weighted by Crippen LogP contribution is 2.20. The number of hydrogen-bond acceptors (Lipinski definition) is 6. The number of aryl methyl sites for hydroxylation is 2. The van der Waals surface area contributed by atoms with Gasteiger partial charge in [0.25, 0.3) is 5.69 Å². The standard InChI is InChI=1S/C20H17N3O5/c1-13-3-4-16(11-18(13)23(26)27)19(24)12-28-20(25)15-5-7-17(8-6-15)22-14(2)9-10-21-22/h3-11H,12H2,1-2H3. The molecule has 28 heavy (non-hydrogen) atoms. The van der Waals surface area contributed by atoms with E-state index in [-0.39, 0.29) is 16.8 Å². The number of Topliss-reactive ketones (excluding diaryl/α,β-unsaturated/α-hetero) is 1. The molecule has 3 aromatic rings. The largest absolute Gasteiger partial charge is 0.454 e. The Kier molecular flexibility index (Phi) is 5.30. The van der Waals surface area contributed by atoms with Crippen molar-refractivity contribution in [1.82, 2.24) is 9.78 Å². The number of carbonyl (C=O) groups is 2. The van der Waals surface area contributed by atoms with Gasteiger partial charge in [-0.1, -0.05) is 12.1 Å². The van der Waals surface area contributed by atoms with Crippen LogP contribution < -0.4 is 0 Å². The molecule has 0 saturated carbocycles. The molecule has 0 saturated heterocycles. The lowest BCUT2D eigenvalue weighted by Gasteiger charge is -2.07. The predicted molar refractivity (Wildman–Crippen MR) is 101 cm³/mol. The highest BCUT2D eigenvalue weighted by Gasteiger charge is 2.17. The number of benzene rings is 2. The smallest absolute Gasteiger partial charge is 0.338 e. The van der Waals surface area contributed by atoms with Crippen LogP contribution in [0.3, 0.4) is 0 Å². The molecule has 0 amide bonds. The Balaban J connectivity index is 1.65. The van der Waals surface area contributed by atoms with Crippen LogP contribution in [0.15, 0.2) is 54.7 Å². The molecular weight excluding hydrogens is 362 g/mol. The van der Waals surface area contributed by atoms with Gasteiger partial charge in [-0.05, 0) is 44.2 Å². The highest BCUT2D eigenvalue weighted by molar-refractivity contribution is 5.99. The molecule has 0 N–H and O–H groups in total. The van der Waals surface area contributed by atoms with E-state index in [1.807, 2.05) is 13.0 Å². The second-order valence-corrected chi connectivity index (χ2v) is 6.19. The first-order chi connectivity index (χ1) is 13.4. The van der Waals surface area contributed by atoms with Gasteiger partial charge in [-0.2, -0.15) is 5.10 Å². The van der Waals surface area contributed by atoms with Crippen LogP contribution in [0.25, 0.3) is 5.69 Å². The van der Waals surface area contributed by atoms with Crippen LogP contribution in [-0.4, -0.2) is 33.1 Å². The Hall–Kier alpha value is -3.81. The fourth-order valence-electron chi connectivity index (χ4n) is 2.66. The molecule has 0 fully saturated rings. The molecule has 0 aliphatic heterocycles. The minimum absolute atomic E-state index is 0.120. The van der Waals surface area contributed by atoms with Crippen molar-refractivity contribution < 1.29 is 19.2 Å². The molecular formula is C20H17N3O5. The van der Waals surface area contributed by atoms with E-state index in [0.29, 0.717) is 5.56 Å². The number of hydrogen-bond donors (Lipinski definition) is 0. The van der Waals surface area contributed by atoms with E-state index in [1.165, 1.54) is 18.2 Å². The number of esters is 1. The maximum Gasteiger partial charge on any atom is 0.338 e. The Morgan fingerprint density at radius 2 is 1.75 bits per heavy atom. The van der Waals surface area contributed by atoms with Crippen LogP contribution >= 0.6 is 0 Å². The Labute approximate surface area is 160 Å². The second kappa shape index (κ2) is 7.83. The third-order valence-electron chi connectivity index (χ3n) is 4.24. The molecule has 0 bridgehead atoms. The summed E-state index contributed by atoms with van der Waals surface area (Å²) in [4.78, 5) is 34.8. The molecule has 142 valence electrons. The number of aromatic nitrogens is 2. The fraction of sp³-hybridized carbons (Fsp3) is 0.150. The fourth-order valence-corrected chi connectivity index (χ4v) is 2.66. The summed E-state index contributed by atoms with van der Waals surface area (Å²) in [5, 5.41) is 15.2. The lowest BCUT2D eigenvalue weighted by Crippen LogP contribution is -2.14.